The number of benzene rings is 2. The SMILES string of the molecule is FC(F)(F)c1[c-]c2ccccc2cc1.[Li+]. The van der Waals surface area contributed by atoms with Crippen LogP contribution in [0.1, 0.15) is 5.56 Å². The molecule has 0 nitrogen and oxygen atoms in total. The average molecular weight is 202 g/mol. The van der Waals surface area contributed by atoms with Gasteiger partial charge in [0.2, 0.25) is 0 Å². The fourth-order valence-corrected chi connectivity index (χ4v) is 1.28. The molecule has 15 heavy (non-hydrogen) atoms. The van der Waals surface area contributed by atoms with Crippen LogP contribution in [-0.4, -0.2) is 0 Å². The maximum absolute atomic E-state index is 12.3. The Kier molecular flexibility index (Phi) is 3.49. The number of halogens is 3. The molecule has 0 aromatic heterocycles. The first-order valence-corrected chi connectivity index (χ1v) is 4.05. The Hall–Kier alpha value is -0.913. The van der Waals surface area contributed by atoms with Crippen molar-refractivity contribution in [2.75, 3.05) is 0 Å². The fourth-order valence-electron chi connectivity index (χ4n) is 1.28. The van der Waals surface area contributed by atoms with Gasteiger partial charge in [0.05, 0.1) is 0 Å². The molecule has 0 aliphatic heterocycles. The van der Waals surface area contributed by atoms with Gasteiger partial charge >= 0.3 is 25.0 Å². The Morgan fingerprint density at radius 1 is 0.933 bits per heavy atom. The number of alkyl halides is 3. The van der Waals surface area contributed by atoms with Crippen molar-refractivity contribution in [1.82, 2.24) is 0 Å². The van der Waals surface area contributed by atoms with Crippen LogP contribution < -0.4 is 18.9 Å². The molecule has 0 atom stereocenters. The molecule has 0 aliphatic rings. The molecule has 2 aromatic rings. The molecule has 2 aromatic carbocycles. The van der Waals surface area contributed by atoms with Crippen molar-refractivity contribution >= 4 is 10.8 Å². The summed E-state index contributed by atoms with van der Waals surface area (Å²) in [6.07, 6.45) is -4.32. The zero-order chi connectivity index (χ0) is 10.2. The summed E-state index contributed by atoms with van der Waals surface area (Å²) in [4.78, 5) is 0. The van der Waals surface area contributed by atoms with E-state index in [1.54, 1.807) is 24.3 Å². The largest absolute Gasteiger partial charge is 1.00 e. The van der Waals surface area contributed by atoms with Gasteiger partial charge in [-0.05, 0) is 5.56 Å². The Labute approximate surface area is 97.3 Å². The molecular formula is C11H6F3Li. The molecule has 0 amide bonds. The Balaban J connectivity index is 0.00000112. The van der Waals surface area contributed by atoms with Gasteiger partial charge in [0, 0.05) is 0 Å². The minimum Gasteiger partial charge on any atom is -0.168 e. The first-order chi connectivity index (χ1) is 6.57. The number of fused-ring (bicyclic) bond motifs is 1. The third-order valence-electron chi connectivity index (χ3n) is 1.97. The molecule has 0 saturated heterocycles. The standard InChI is InChI=1S/C11H6F3.Li/c12-11(13,14)10-6-5-8-3-1-2-4-9(8)7-10;/h1-6H;/q-1;+1. The van der Waals surface area contributed by atoms with Crippen LogP contribution in [0.3, 0.4) is 0 Å². The smallest absolute Gasteiger partial charge is 0.168 e. The second kappa shape index (κ2) is 4.30. The second-order valence-electron chi connectivity index (χ2n) is 2.96. The summed E-state index contributed by atoms with van der Waals surface area (Å²) in [6, 6.07) is 11.7. The van der Waals surface area contributed by atoms with E-state index in [-0.39, 0.29) is 18.9 Å². The number of hydrogen-bond acceptors (Lipinski definition) is 0. The van der Waals surface area contributed by atoms with E-state index in [1.165, 1.54) is 6.07 Å². The van der Waals surface area contributed by atoms with E-state index in [1.807, 2.05) is 0 Å². The van der Waals surface area contributed by atoms with Crippen molar-refractivity contribution in [1.29, 1.82) is 0 Å². The molecule has 0 aliphatic carbocycles. The maximum atomic E-state index is 12.3. The summed E-state index contributed by atoms with van der Waals surface area (Å²) >= 11 is 0. The van der Waals surface area contributed by atoms with Gasteiger partial charge in [-0.1, -0.05) is 12.1 Å². The summed E-state index contributed by atoms with van der Waals surface area (Å²) in [5.41, 5.74) is -0.726. The van der Waals surface area contributed by atoms with Gasteiger partial charge in [-0.15, -0.1) is 41.1 Å². The van der Waals surface area contributed by atoms with Crippen molar-refractivity contribution in [2.45, 2.75) is 6.18 Å². The Bertz CT molecular complexity index is 463. The third-order valence-corrected chi connectivity index (χ3v) is 1.97. The molecule has 0 saturated carbocycles. The Morgan fingerprint density at radius 2 is 1.60 bits per heavy atom. The van der Waals surface area contributed by atoms with E-state index in [9.17, 15) is 13.2 Å². The molecule has 0 heterocycles. The minimum atomic E-state index is -4.32. The van der Waals surface area contributed by atoms with Crippen molar-refractivity contribution in [2.24, 2.45) is 0 Å². The molecule has 0 spiro atoms. The van der Waals surface area contributed by atoms with E-state index < -0.39 is 11.7 Å². The van der Waals surface area contributed by atoms with E-state index >= 15 is 0 Å². The normalized spacial score (nSPS) is 11.1. The van der Waals surface area contributed by atoms with Gasteiger partial charge in [0.25, 0.3) is 0 Å². The van der Waals surface area contributed by atoms with Crippen LogP contribution in [0.2, 0.25) is 0 Å². The van der Waals surface area contributed by atoms with E-state index in [4.69, 9.17) is 0 Å². The van der Waals surface area contributed by atoms with Crippen molar-refractivity contribution in [3.05, 3.63) is 48.0 Å². The van der Waals surface area contributed by atoms with Gasteiger partial charge in [-0.3, -0.25) is 0 Å². The van der Waals surface area contributed by atoms with Crippen LogP contribution in [0.5, 0.6) is 0 Å². The Morgan fingerprint density at radius 3 is 2.27 bits per heavy atom. The molecule has 4 heteroatoms. The van der Waals surface area contributed by atoms with Crippen LogP contribution in [-0.2, 0) is 6.18 Å². The molecule has 0 bridgehead atoms. The second-order valence-corrected chi connectivity index (χ2v) is 2.96. The van der Waals surface area contributed by atoms with Gasteiger partial charge in [-0.2, -0.15) is 13.2 Å². The quantitative estimate of drug-likeness (QED) is 0.435. The first kappa shape index (κ1) is 12.2. The predicted molar refractivity (Wildman–Crippen MR) is 47.8 cm³/mol. The molecule has 0 fully saturated rings. The van der Waals surface area contributed by atoms with Gasteiger partial charge in [0.15, 0.2) is 0 Å². The molecule has 72 valence electrons. The average Bonchev–Trinajstić information content (AvgIpc) is 2.16. The molecular weight excluding hydrogens is 196 g/mol. The molecule has 0 radical (unpaired) electrons. The van der Waals surface area contributed by atoms with Gasteiger partial charge in [0.1, 0.15) is 0 Å². The van der Waals surface area contributed by atoms with E-state index in [0.29, 0.717) is 5.39 Å². The predicted octanol–water partition coefficient (Wildman–Crippen LogP) is 0.663. The van der Waals surface area contributed by atoms with Crippen LogP contribution in [0, 0.1) is 6.07 Å². The zero-order valence-electron chi connectivity index (χ0n) is 8.10. The molecule has 0 unspecified atom stereocenters. The van der Waals surface area contributed by atoms with Crippen molar-refractivity contribution in [3.63, 3.8) is 0 Å². The van der Waals surface area contributed by atoms with Crippen LogP contribution in [0.25, 0.3) is 10.8 Å². The van der Waals surface area contributed by atoms with E-state index in [2.05, 4.69) is 6.07 Å². The third kappa shape index (κ3) is 2.56. The minimum absolute atomic E-state index is 0. The number of rotatable bonds is 0. The first-order valence-electron chi connectivity index (χ1n) is 4.05. The molecule has 2 rings (SSSR count). The molecule has 0 N–H and O–H groups in total. The van der Waals surface area contributed by atoms with E-state index in [0.717, 1.165) is 11.5 Å². The van der Waals surface area contributed by atoms with Crippen LogP contribution in [0.15, 0.2) is 36.4 Å². The van der Waals surface area contributed by atoms with Gasteiger partial charge < -0.3 is 0 Å². The summed E-state index contributed by atoms with van der Waals surface area (Å²) in [7, 11) is 0. The van der Waals surface area contributed by atoms with Crippen molar-refractivity contribution < 1.29 is 32.0 Å². The summed E-state index contributed by atoms with van der Waals surface area (Å²) in [5, 5.41) is 1.25. The number of hydrogen-bond donors (Lipinski definition) is 0. The van der Waals surface area contributed by atoms with Crippen LogP contribution >= 0.6 is 0 Å². The monoisotopic (exact) mass is 202 g/mol. The summed E-state index contributed by atoms with van der Waals surface area (Å²) in [6.45, 7) is 0. The maximum Gasteiger partial charge on any atom is 1.00 e. The summed E-state index contributed by atoms with van der Waals surface area (Å²) < 4.78 is 36.9. The topological polar surface area (TPSA) is 0 Å². The summed E-state index contributed by atoms with van der Waals surface area (Å²) in [5.74, 6) is 0. The van der Waals surface area contributed by atoms with Gasteiger partial charge in [-0.25, -0.2) is 0 Å². The van der Waals surface area contributed by atoms with Crippen molar-refractivity contribution in [3.8, 4) is 0 Å². The van der Waals surface area contributed by atoms with Crippen LogP contribution in [0.4, 0.5) is 13.2 Å². The zero-order valence-corrected chi connectivity index (χ0v) is 8.10. The fraction of sp³-hybridized carbons (Fsp3) is 0.0909.